The molecule has 13 heteroatoms. The minimum atomic E-state index is -4.13. The Hall–Kier alpha value is -4.10. The number of ether oxygens (including phenoxy) is 3. The summed E-state index contributed by atoms with van der Waals surface area (Å²) in [5.41, 5.74) is 3.03. The number of hydrogen-bond donors (Lipinski definition) is 1. The van der Waals surface area contributed by atoms with Crippen molar-refractivity contribution in [3.05, 3.63) is 66.0 Å². The molecule has 40 heavy (non-hydrogen) atoms. The van der Waals surface area contributed by atoms with Crippen molar-refractivity contribution in [1.29, 1.82) is 0 Å². The van der Waals surface area contributed by atoms with E-state index in [4.69, 9.17) is 14.2 Å². The molecule has 4 aromatic rings. The van der Waals surface area contributed by atoms with Crippen LogP contribution < -0.4 is 14.2 Å². The zero-order valence-corrected chi connectivity index (χ0v) is 24.3. The minimum Gasteiger partial charge on any atom is -0.494 e. The van der Waals surface area contributed by atoms with Gasteiger partial charge in [-0.1, -0.05) is 6.07 Å². The molecular formula is C27H33N7O5S. The van der Waals surface area contributed by atoms with E-state index < -0.39 is 21.4 Å². The molecule has 0 bridgehead atoms. The van der Waals surface area contributed by atoms with E-state index in [9.17, 15) is 8.42 Å². The lowest BCUT2D eigenvalue weighted by Crippen LogP contribution is -2.34. The van der Waals surface area contributed by atoms with E-state index in [1.165, 1.54) is 20.4 Å². The van der Waals surface area contributed by atoms with Crippen LogP contribution in [0.1, 0.15) is 43.8 Å². The summed E-state index contributed by atoms with van der Waals surface area (Å²) in [5, 5.41) is 7.49. The molecule has 0 spiro atoms. The molecule has 1 N–H and O–H groups in total. The number of aromatic nitrogens is 6. The van der Waals surface area contributed by atoms with E-state index >= 15 is 0 Å². The Balaban J connectivity index is 1.85. The number of methoxy groups -OCH3 is 2. The monoisotopic (exact) mass is 567 g/mol. The first kappa shape index (κ1) is 28.9. The van der Waals surface area contributed by atoms with Gasteiger partial charge < -0.3 is 14.2 Å². The molecule has 0 aliphatic carbocycles. The van der Waals surface area contributed by atoms with E-state index in [1.54, 1.807) is 55.2 Å². The second-order valence-corrected chi connectivity index (χ2v) is 11.5. The zero-order chi connectivity index (χ0) is 29.0. The number of benzene rings is 1. The van der Waals surface area contributed by atoms with Crippen LogP contribution in [0.5, 0.6) is 11.5 Å². The topological polar surface area (TPSA) is 143 Å². The van der Waals surface area contributed by atoms with Crippen molar-refractivity contribution in [2.75, 3.05) is 18.9 Å². The number of aryl methyl sites for hydroxylation is 2. The van der Waals surface area contributed by atoms with Gasteiger partial charge in [-0.15, -0.1) is 10.2 Å². The molecule has 0 aliphatic heterocycles. The molecular weight excluding hydrogens is 534 g/mol. The summed E-state index contributed by atoms with van der Waals surface area (Å²) >= 11 is 0. The molecule has 12 nitrogen and oxygen atoms in total. The predicted octanol–water partition coefficient (Wildman–Crippen LogP) is 4.05. The number of pyridine rings is 1. The van der Waals surface area contributed by atoms with Gasteiger partial charge in [0.25, 0.3) is 0 Å². The van der Waals surface area contributed by atoms with Crippen molar-refractivity contribution in [1.82, 2.24) is 29.7 Å². The van der Waals surface area contributed by atoms with Crippen LogP contribution in [0.4, 0.5) is 5.95 Å². The summed E-state index contributed by atoms with van der Waals surface area (Å²) in [6.07, 6.45) is 5.27. The summed E-state index contributed by atoms with van der Waals surface area (Å²) < 4.78 is 49.2. The van der Waals surface area contributed by atoms with Gasteiger partial charge in [0.2, 0.25) is 16.0 Å². The summed E-state index contributed by atoms with van der Waals surface area (Å²) in [5.74, 6) is 1.11. The lowest BCUT2D eigenvalue weighted by atomic mass is 10.2. The number of hydrogen-bond acceptors (Lipinski definition) is 10. The lowest BCUT2D eigenvalue weighted by molar-refractivity contribution is 0.00394. The van der Waals surface area contributed by atoms with Crippen molar-refractivity contribution in [2.24, 2.45) is 0 Å². The molecule has 212 valence electrons. The van der Waals surface area contributed by atoms with Crippen LogP contribution in [0.3, 0.4) is 0 Å². The van der Waals surface area contributed by atoms with Gasteiger partial charge in [-0.05, 0) is 58.4 Å². The molecule has 2 atom stereocenters. The Labute approximate surface area is 233 Å². The normalized spacial score (nSPS) is 13.2. The highest BCUT2D eigenvalue weighted by Crippen LogP contribution is 2.38. The van der Waals surface area contributed by atoms with Crippen molar-refractivity contribution >= 4 is 16.0 Å². The van der Waals surface area contributed by atoms with E-state index in [1.807, 2.05) is 26.8 Å². The first-order valence-electron chi connectivity index (χ1n) is 12.6. The van der Waals surface area contributed by atoms with E-state index in [0.29, 0.717) is 40.0 Å². The van der Waals surface area contributed by atoms with Gasteiger partial charge in [0.05, 0.1) is 37.9 Å². The van der Waals surface area contributed by atoms with Gasteiger partial charge in [0, 0.05) is 24.2 Å². The fourth-order valence-corrected chi connectivity index (χ4v) is 5.23. The number of anilines is 1. The van der Waals surface area contributed by atoms with Crippen LogP contribution in [0.25, 0.3) is 17.1 Å². The fourth-order valence-electron chi connectivity index (χ4n) is 4.12. The van der Waals surface area contributed by atoms with E-state index in [-0.39, 0.29) is 12.1 Å². The van der Waals surface area contributed by atoms with Gasteiger partial charge in [0.1, 0.15) is 28.5 Å². The number of para-hydroxylation sites is 1. The third-order valence-corrected chi connectivity index (χ3v) is 7.78. The maximum absolute atomic E-state index is 13.9. The molecule has 0 fully saturated rings. The average molecular weight is 568 g/mol. The first-order valence-corrected chi connectivity index (χ1v) is 14.1. The van der Waals surface area contributed by atoms with Crippen LogP contribution in [-0.2, 0) is 14.8 Å². The molecule has 0 amide bonds. The van der Waals surface area contributed by atoms with Crippen molar-refractivity contribution < 1.29 is 22.6 Å². The van der Waals surface area contributed by atoms with Crippen LogP contribution in [0.15, 0.2) is 49.1 Å². The summed E-state index contributed by atoms with van der Waals surface area (Å²) in [7, 11) is -1.10. The third kappa shape index (κ3) is 6.05. The largest absolute Gasteiger partial charge is 0.494 e. The smallest absolute Gasteiger partial charge is 0.243 e. The molecule has 1 aromatic carbocycles. The molecule has 0 radical (unpaired) electrons. The molecule has 0 unspecified atom stereocenters. The Bertz CT molecular complexity index is 1550. The van der Waals surface area contributed by atoms with Gasteiger partial charge in [-0.3, -0.25) is 24.2 Å². The second kappa shape index (κ2) is 12.0. The number of sulfonamides is 1. The Morgan fingerprint density at radius 1 is 0.925 bits per heavy atom. The highest BCUT2D eigenvalue weighted by molar-refractivity contribution is 7.93. The van der Waals surface area contributed by atoms with Crippen LogP contribution >= 0.6 is 0 Å². The summed E-state index contributed by atoms with van der Waals surface area (Å²) in [6.45, 7) is 8.90. The van der Waals surface area contributed by atoms with Gasteiger partial charge in [-0.25, -0.2) is 8.42 Å². The SMILES string of the molecule is COc1cccc(OC)c1-n1c(NS(=O)(=O)[C@H](C)[C@H](OC(C)C)c2cnc(C)cn2)nnc1-c1cncc(C)c1. The molecule has 3 aromatic heterocycles. The van der Waals surface area contributed by atoms with Gasteiger partial charge in [-0.2, -0.15) is 0 Å². The standard InChI is InChI=1S/C27H33N7O5S/c1-16(2)39-25(21-15-29-18(4)13-30-21)19(5)40(35,36)33-27-32-31-26(20-11-17(3)12-28-14-20)34(27)24-22(37-6)9-8-10-23(24)38-7/h8-16,19,25H,1-7H3,(H,32,33)/t19-,25+/m1/s1. The van der Waals surface area contributed by atoms with Crippen molar-refractivity contribution in [2.45, 2.75) is 52.1 Å². The van der Waals surface area contributed by atoms with E-state index in [2.05, 4.69) is 29.9 Å². The number of nitrogens with zero attached hydrogens (tertiary/aromatic N) is 6. The van der Waals surface area contributed by atoms with Gasteiger partial charge >= 0.3 is 0 Å². The average Bonchev–Trinajstić information content (AvgIpc) is 3.33. The third-order valence-electron chi connectivity index (χ3n) is 6.08. The summed E-state index contributed by atoms with van der Waals surface area (Å²) in [6, 6.07) is 7.11. The van der Waals surface area contributed by atoms with Crippen molar-refractivity contribution in [3.8, 4) is 28.6 Å². The molecule has 4 rings (SSSR count). The molecule has 3 heterocycles. The van der Waals surface area contributed by atoms with Crippen molar-refractivity contribution in [3.63, 3.8) is 0 Å². The second-order valence-electron chi connectivity index (χ2n) is 9.49. The first-order chi connectivity index (χ1) is 19.1. The lowest BCUT2D eigenvalue weighted by Gasteiger charge is -2.26. The van der Waals surface area contributed by atoms with Crippen LogP contribution in [0, 0.1) is 13.8 Å². The summed E-state index contributed by atoms with van der Waals surface area (Å²) in [4.78, 5) is 12.9. The van der Waals surface area contributed by atoms with E-state index in [0.717, 1.165) is 5.56 Å². The number of nitrogens with one attached hydrogen (secondary N) is 1. The predicted molar refractivity (Wildman–Crippen MR) is 150 cm³/mol. The molecule has 0 saturated heterocycles. The van der Waals surface area contributed by atoms with Crippen LogP contribution in [0.2, 0.25) is 0 Å². The Morgan fingerprint density at radius 3 is 2.20 bits per heavy atom. The Kier molecular flexibility index (Phi) is 8.64. The van der Waals surface area contributed by atoms with Crippen LogP contribution in [-0.4, -0.2) is 63.7 Å². The Morgan fingerprint density at radius 2 is 1.62 bits per heavy atom. The number of rotatable bonds is 11. The maximum atomic E-state index is 13.9. The highest BCUT2D eigenvalue weighted by Gasteiger charge is 2.35. The highest BCUT2D eigenvalue weighted by atomic mass is 32.2. The minimum absolute atomic E-state index is 0.0653. The maximum Gasteiger partial charge on any atom is 0.243 e. The van der Waals surface area contributed by atoms with Gasteiger partial charge in [0.15, 0.2) is 5.82 Å². The molecule has 0 aliphatic rings. The fraction of sp³-hybridized carbons (Fsp3) is 0.370. The zero-order valence-electron chi connectivity index (χ0n) is 23.5. The molecule has 0 saturated carbocycles. The quantitative estimate of drug-likeness (QED) is 0.282.